The zero-order valence-corrected chi connectivity index (χ0v) is 13.2. The van der Waals surface area contributed by atoms with Gasteiger partial charge in [0.2, 0.25) is 0 Å². The van der Waals surface area contributed by atoms with Crippen molar-refractivity contribution in [2.75, 3.05) is 5.32 Å². The van der Waals surface area contributed by atoms with Crippen molar-refractivity contribution < 1.29 is 13.5 Å². The minimum Gasteiger partial charge on any atom is -0.435 e. The molecule has 0 saturated heterocycles. The van der Waals surface area contributed by atoms with Gasteiger partial charge in [0.15, 0.2) is 0 Å². The van der Waals surface area contributed by atoms with Crippen molar-refractivity contribution in [3.05, 3.63) is 47.4 Å². The first-order valence-corrected chi connectivity index (χ1v) is 8.36. The number of hydrogen-bond acceptors (Lipinski definition) is 4. The number of hydrogen-bond donors (Lipinski definition) is 1. The van der Waals surface area contributed by atoms with Crippen LogP contribution in [0.1, 0.15) is 54.6 Å². The number of ether oxygens (including phenoxy) is 1. The smallest absolute Gasteiger partial charge is 0.387 e. The van der Waals surface area contributed by atoms with Crippen LogP contribution in [-0.4, -0.2) is 16.6 Å². The van der Waals surface area contributed by atoms with Crippen molar-refractivity contribution in [1.82, 2.24) is 9.97 Å². The van der Waals surface area contributed by atoms with Crippen molar-refractivity contribution in [2.24, 2.45) is 0 Å². The van der Waals surface area contributed by atoms with E-state index >= 15 is 0 Å². The summed E-state index contributed by atoms with van der Waals surface area (Å²) in [5.74, 6) is 2.48. The molecule has 4 rings (SSSR count). The molecule has 2 aliphatic carbocycles. The van der Waals surface area contributed by atoms with Crippen LogP contribution >= 0.6 is 0 Å². The summed E-state index contributed by atoms with van der Waals surface area (Å²) < 4.78 is 29.3. The van der Waals surface area contributed by atoms with Gasteiger partial charge < -0.3 is 10.1 Å². The number of nitrogens with one attached hydrogen (secondary N) is 1. The summed E-state index contributed by atoms with van der Waals surface area (Å²) in [4.78, 5) is 8.95. The van der Waals surface area contributed by atoms with E-state index in [2.05, 4.69) is 20.0 Å². The standard InChI is InChI=1S/C18H19F2N3O/c19-18(20)24-13-6-7-14-12(10-13)2-1-3-15(14)22-16-8-9-21-17(23-16)11-4-5-11/h6-11,15,18H,1-5H2,(H,21,22,23). The van der Waals surface area contributed by atoms with Gasteiger partial charge in [0, 0.05) is 12.1 Å². The van der Waals surface area contributed by atoms with E-state index in [0.717, 1.165) is 42.0 Å². The summed E-state index contributed by atoms with van der Waals surface area (Å²) in [6, 6.07) is 7.24. The van der Waals surface area contributed by atoms with Crippen LogP contribution in [0.2, 0.25) is 0 Å². The monoisotopic (exact) mass is 331 g/mol. The van der Waals surface area contributed by atoms with Crippen molar-refractivity contribution >= 4 is 5.82 Å². The van der Waals surface area contributed by atoms with Crippen LogP contribution in [0, 0.1) is 0 Å². The summed E-state index contributed by atoms with van der Waals surface area (Å²) in [6.45, 7) is -2.79. The third kappa shape index (κ3) is 3.32. The Bertz CT molecular complexity index is 734. The SMILES string of the molecule is FC(F)Oc1ccc2c(c1)CCCC2Nc1ccnc(C2CC2)n1. The van der Waals surface area contributed by atoms with E-state index in [0.29, 0.717) is 5.92 Å². The molecule has 6 heteroatoms. The van der Waals surface area contributed by atoms with E-state index in [4.69, 9.17) is 0 Å². The maximum absolute atomic E-state index is 12.4. The number of halogens is 2. The van der Waals surface area contributed by atoms with Gasteiger partial charge in [-0.2, -0.15) is 8.78 Å². The maximum Gasteiger partial charge on any atom is 0.387 e. The average molecular weight is 331 g/mol. The maximum atomic E-state index is 12.4. The Morgan fingerprint density at radius 1 is 1.17 bits per heavy atom. The molecule has 4 nitrogen and oxygen atoms in total. The Labute approximate surface area is 139 Å². The molecule has 24 heavy (non-hydrogen) atoms. The third-order valence-corrected chi connectivity index (χ3v) is 4.59. The number of fused-ring (bicyclic) bond motifs is 1. The summed E-state index contributed by atoms with van der Waals surface area (Å²) in [6.07, 6.45) is 7.01. The van der Waals surface area contributed by atoms with Crippen molar-refractivity contribution in [2.45, 2.75) is 50.7 Å². The molecule has 1 atom stereocenters. The molecule has 2 aromatic rings. The molecular formula is C18H19F2N3O. The highest BCUT2D eigenvalue weighted by Gasteiger charge is 2.27. The highest BCUT2D eigenvalue weighted by atomic mass is 19.3. The van der Waals surface area contributed by atoms with Gasteiger partial charge in [-0.3, -0.25) is 0 Å². The normalized spacial score (nSPS) is 19.9. The van der Waals surface area contributed by atoms with Crippen LogP contribution in [0.3, 0.4) is 0 Å². The van der Waals surface area contributed by atoms with Crippen molar-refractivity contribution in [3.63, 3.8) is 0 Å². The quantitative estimate of drug-likeness (QED) is 0.879. The van der Waals surface area contributed by atoms with E-state index in [1.165, 1.54) is 12.8 Å². The molecule has 1 heterocycles. The van der Waals surface area contributed by atoms with E-state index in [-0.39, 0.29) is 11.8 Å². The molecule has 1 fully saturated rings. The Balaban J connectivity index is 1.54. The van der Waals surface area contributed by atoms with Crippen LogP contribution < -0.4 is 10.1 Å². The first kappa shape index (κ1) is 15.3. The minimum atomic E-state index is -2.79. The molecule has 0 radical (unpaired) electrons. The van der Waals surface area contributed by atoms with E-state index in [9.17, 15) is 8.78 Å². The molecule has 1 aromatic carbocycles. The van der Waals surface area contributed by atoms with Gasteiger partial charge >= 0.3 is 6.61 Å². The molecule has 0 aliphatic heterocycles. The summed E-state index contributed by atoms with van der Waals surface area (Å²) in [5.41, 5.74) is 2.20. The molecular weight excluding hydrogens is 312 g/mol. The molecule has 1 unspecified atom stereocenters. The van der Waals surface area contributed by atoms with Gasteiger partial charge in [0.1, 0.15) is 17.4 Å². The highest BCUT2D eigenvalue weighted by Crippen LogP contribution is 2.39. The van der Waals surface area contributed by atoms with Crippen molar-refractivity contribution in [1.29, 1.82) is 0 Å². The fourth-order valence-electron chi connectivity index (χ4n) is 3.29. The van der Waals surface area contributed by atoms with Crippen LogP contribution in [0.5, 0.6) is 5.75 Å². The average Bonchev–Trinajstić information content (AvgIpc) is 3.39. The lowest BCUT2D eigenvalue weighted by Gasteiger charge is -2.27. The third-order valence-electron chi connectivity index (χ3n) is 4.59. The molecule has 126 valence electrons. The molecule has 0 amide bonds. The van der Waals surface area contributed by atoms with Gasteiger partial charge in [-0.05, 0) is 61.4 Å². The number of alkyl halides is 2. The molecule has 0 spiro atoms. The number of rotatable bonds is 5. The van der Waals surface area contributed by atoms with Gasteiger partial charge in [-0.25, -0.2) is 9.97 Å². The first-order valence-electron chi connectivity index (χ1n) is 8.36. The van der Waals surface area contributed by atoms with Crippen LogP contribution in [0.25, 0.3) is 0 Å². The zero-order chi connectivity index (χ0) is 16.5. The van der Waals surface area contributed by atoms with Crippen LogP contribution in [-0.2, 0) is 6.42 Å². The Morgan fingerprint density at radius 2 is 2.04 bits per heavy atom. The number of aromatic nitrogens is 2. The first-order chi connectivity index (χ1) is 11.7. The Kier molecular flexibility index (Phi) is 4.04. The van der Waals surface area contributed by atoms with Gasteiger partial charge in [0.05, 0.1) is 6.04 Å². The topological polar surface area (TPSA) is 47.0 Å². The lowest BCUT2D eigenvalue weighted by atomic mass is 9.87. The van der Waals surface area contributed by atoms with E-state index in [1.807, 2.05) is 12.1 Å². The van der Waals surface area contributed by atoms with E-state index in [1.54, 1.807) is 18.3 Å². The molecule has 2 aliphatic rings. The Morgan fingerprint density at radius 3 is 2.83 bits per heavy atom. The highest BCUT2D eigenvalue weighted by molar-refractivity contribution is 5.44. The fraction of sp³-hybridized carbons (Fsp3) is 0.444. The molecule has 1 saturated carbocycles. The number of benzene rings is 1. The van der Waals surface area contributed by atoms with Crippen LogP contribution in [0.15, 0.2) is 30.5 Å². The van der Waals surface area contributed by atoms with Crippen LogP contribution in [0.4, 0.5) is 14.6 Å². The van der Waals surface area contributed by atoms with Crippen molar-refractivity contribution in [3.8, 4) is 5.75 Å². The minimum absolute atomic E-state index is 0.135. The fourth-order valence-corrected chi connectivity index (χ4v) is 3.29. The van der Waals surface area contributed by atoms with Gasteiger partial charge in [-0.15, -0.1) is 0 Å². The zero-order valence-electron chi connectivity index (χ0n) is 13.2. The molecule has 0 bridgehead atoms. The largest absolute Gasteiger partial charge is 0.435 e. The molecule has 1 N–H and O–H groups in total. The summed E-state index contributed by atoms with van der Waals surface area (Å²) >= 11 is 0. The van der Waals surface area contributed by atoms with E-state index < -0.39 is 6.61 Å². The lowest BCUT2D eigenvalue weighted by Crippen LogP contribution is -2.18. The van der Waals surface area contributed by atoms with Gasteiger partial charge in [0.25, 0.3) is 0 Å². The molecule has 1 aromatic heterocycles. The Hall–Kier alpha value is -2.24. The summed E-state index contributed by atoms with van der Waals surface area (Å²) in [7, 11) is 0. The lowest BCUT2D eigenvalue weighted by molar-refractivity contribution is -0.0499. The number of aryl methyl sites for hydroxylation is 1. The van der Waals surface area contributed by atoms with Gasteiger partial charge in [-0.1, -0.05) is 6.07 Å². The summed E-state index contributed by atoms with van der Waals surface area (Å²) in [5, 5.41) is 3.48. The number of nitrogens with zero attached hydrogens (tertiary/aromatic N) is 2. The second-order valence-corrected chi connectivity index (χ2v) is 6.40. The predicted octanol–water partition coefficient (Wildman–Crippen LogP) is 4.44. The second-order valence-electron chi connectivity index (χ2n) is 6.40. The predicted molar refractivity (Wildman–Crippen MR) is 86.4 cm³/mol. The second kappa shape index (κ2) is 6.34. The number of anilines is 1.